The molecule has 1 aliphatic rings. The van der Waals surface area contributed by atoms with Gasteiger partial charge in [0, 0.05) is 19.4 Å². The van der Waals surface area contributed by atoms with E-state index in [4.69, 9.17) is 4.74 Å². The summed E-state index contributed by atoms with van der Waals surface area (Å²) in [6, 6.07) is 9.26. The summed E-state index contributed by atoms with van der Waals surface area (Å²) in [5.74, 6) is 0.758. The quantitative estimate of drug-likeness (QED) is 0.807. The van der Waals surface area contributed by atoms with E-state index in [1.54, 1.807) is 24.5 Å². The fourth-order valence-corrected chi connectivity index (χ4v) is 3.65. The normalized spacial score (nSPS) is 23.2. The molecule has 1 aliphatic carbocycles. The molecule has 3 atom stereocenters. The molecule has 0 aliphatic heterocycles. The second-order valence-electron chi connectivity index (χ2n) is 6.84. The zero-order valence-corrected chi connectivity index (χ0v) is 15.2. The molecule has 0 radical (unpaired) electrons. The van der Waals surface area contributed by atoms with E-state index in [0.29, 0.717) is 13.0 Å². The van der Waals surface area contributed by atoms with Crippen molar-refractivity contribution in [1.82, 2.24) is 14.5 Å². The second kappa shape index (κ2) is 8.85. The Labute approximate surface area is 154 Å². The number of amides is 1. The summed E-state index contributed by atoms with van der Waals surface area (Å²) in [4.78, 5) is 18.4. The minimum absolute atomic E-state index is 0.00346. The van der Waals surface area contributed by atoms with Crippen molar-refractivity contribution < 1.29 is 14.6 Å². The number of benzene rings is 1. The Morgan fingerprint density at radius 3 is 2.81 bits per heavy atom. The highest BCUT2D eigenvalue weighted by molar-refractivity contribution is 5.76. The molecular weight excluding hydrogens is 330 g/mol. The van der Waals surface area contributed by atoms with Crippen molar-refractivity contribution in [2.75, 3.05) is 13.7 Å². The van der Waals surface area contributed by atoms with Crippen LogP contribution in [0.25, 0.3) is 0 Å². The number of imidazole rings is 1. The Bertz CT molecular complexity index is 675. The number of carbonyl (C=O) groups is 1. The second-order valence-corrected chi connectivity index (χ2v) is 6.84. The lowest BCUT2D eigenvalue weighted by atomic mass is 10.00. The predicted molar refractivity (Wildman–Crippen MR) is 98.9 cm³/mol. The summed E-state index contributed by atoms with van der Waals surface area (Å²) in [6.45, 7) is 0.334. The topological polar surface area (TPSA) is 67.6 Å². The van der Waals surface area contributed by atoms with Crippen molar-refractivity contribution >= 4 is 5.91 Å². The van der Waals surface area contributed by atoms with Gasteiger partial charge in [-0.05, 0) is 25.0 Å². The molecule has 1 saturated carbocycles. The van der Waals surface area contributed by atoms with Crippen LogP contribution in [0.3, 0.4) is 0 Å². The Balaban J connectivity index is 1.57. The fraction of sp³-hybridized carbons (Fsp3) is 0.500. The molecule has 3 rings (SSSR count). The molecule has 0 unspecified atom stereocenters. The van der Waals surface area contributed by atoms with E-state index in [-0.39, 0.29) is 18.0 Å². The standard InChI is InChI=1S/C20H27N3O3/c1-22(19(24)11-14-26-16-7-3-2-4-8-16)17-9-5-6-10-18(20(17)25)23-13-12-21-15-23/h2-4,7-8,12-13,15,17-18,20,25H,5-6,9-11,14H2,1H3/t17-,18-,20-/m1/s1. The van der Waals surface area contributed by atoms with Crippen LogP contribution in [0.4, 0.5) is 0 Å². The summed E-state index contributed by atoms with van der Waals surface area (Å²) in [5.41, 5.74) is 0. The molecule has 0 spiro atoms. The van der Waals surface area contributed by atoms with Gasteiger partial charge in [-0.15, -0.1) is 0 Å². The van der Waals surface area contributed by atoms with E-state index in [9.17, 15) is 9.90 Å². The maximum atomic E-state index is 12.6. The van der Waals surface area contributed by atoms with Crippen LogP contribution < -0.4 is 4.74 Å². The smallest absolute Gasteiger partial charge is 0.226 e. The van der Waals surface area contributed by atoms with E-state index in [1.165, 1.54) is 0 Å². The Morgan fingerprint density at radius 2 is 2.08 bits per heavy atom. The zero-order valence-electron chi connectivity index (χ0n) is 15.2. The fourth-order valence-electron chi connectivity index (χ4n) is 3.65. The van der Waals surface area contributed by atoms with Crippen LogP contribution in [0.5, 0.6) is 5.75 Å². The van der Waals surface area contributed by atoms with Crippen LogP contribution in [-0.2, 0) is 4.79 Å². The van der Waals surface area contributed by atoms with Crippen molar-refractivity contribution in [1.29, 1.82) is 0 Å². The summed E-state index contributed by atoms with van der Waals surface area (Å²) < 4.78 is 7.58. The number of hydrogen-bond donors (Lipinski definition) is 1. The molecule has 0 saturated heterocycles. The molecule has 1 fully saturated rings. The number of ether oxygens (including phenoxy) is 1. The molecule has 1 aromatic carbocycles. The van der Waals surface area contributed by atoms with Crippen molar-refractivity contribution in [3.05, 3.63) is 49.1 Å². The number of nitrogens with zero attached hydrogens (tertiary/aromatic N) is 3. The SMILES string of the molecule is CN(C(=O)CCOc1ccccc1)[C@@H]1CCCC[C@@H](n2ccnc2)[C@@H]1O. The zero-order chi connectivity index (χ0) is 18.4. The molecule has 6 nitrogen and oxygen atoms in total. The minimum atomic E-state index is -0.601. The van der Waals surface area contributed by atoms with Crippen LogP contribution in [0, 0.1) is 0 Å². The highest BCUT2D eigenvalue weighted by Gasteiger charge is 2.35. The van der Waals surface area contributed by atoms with Crippen LogP contribution in [-0.4, -0.2) is 51.3 Å². The number of rotatable bonds is 6. The first-order valence-electron chi connectivity index (χ1n) is 9.26. The highest BCUT2D eigenvalue weighted by Crippen LogP contribution is 2.30. The first kappa shape index (κ1) is 18.5. The highest BCUT2D eigenvalue weighted by atomic mass is 16.5. The van der Waals surface area contributed by atoms with Gasteiger partial charge in [0.1, 0.15) is 5.75 Å². The van der Waals surface area contributed by atoms with E-state index >= 15 is 0 Å². The molecule has 6 heteroatoms. The van der Waals surface area contributed by atoms with Crippen molar-refractivity contribution in [3.63, 3.8) is 0 Å². The molecule has 140 valence electrons. The van der Waals surface area contributed by atoms with Gasteiger partial charge in [-0.1, -0.05) is 31.0 Å². The van der Waals surface area contributed by atoms with Gasteiger partial charge in [-0.2, -0.15) is 0 Å². The summed E-state index contributed by atoms with van der Waals surface area (Å²) >= 11 is 0. The Morgan fingerprint density at radius 1 is 1.31 bits per heavy atom. The molecule has 1 N–H and O–H groups in total. The third-order valence-corrected chi connectivity index (χ3v) is 5.16. The lowest BCUT2D eigenvalue weighted by Gasteiger charge is -2.34. The van der Waals surface area contributed by atoms with Crippen molar-refractivity contribution in [2.45, 2.75) is 50.3 Å². The van der Waals surface area contributed by atoms with Crippen molar-refractivity contribution in [3.8, 4) is 5.75 Å². The van der Waals surface area contributed by atoms with E-state index in [0.717, 1.165) is 31.4 Å². The van der Waals surface area contributed by atoms with Gasteiger partial charge >= 0.3 is 0 Å². The van der Waals surface area contributed by atoms with Crippen molar-refractivity contribution in [2.24, 2.45) is 0 Å². The van der Waals surface area contributed by atoms with Gasteiger partial charge < -0.3 is 19.3 Å². The van der Waals surface area contributed by atoms with E-state index < -0.39 is 6.10 Å². The largest absolute Gasteiger partial charge is 0.493 e. The maximum absolute atomic E-state index is 12.6. The molecule has 2 aromatic rings. The molecular formula is C20H27N3O3. The third-order valence-electron chi connectivity index (χ3n) is 5.16. The monoisotopic (exact) mass is 357 g/mol. The van der Waals surface area contributed by atoms with E-state index in [1.807, 2.05) is 41.1 Å². The molecule has 1 aromatic heterocycles. The summed E-state index contributed by atoms with van der Waals surface area (Å²) in [6.07, 6.45) is 8.79. The Hall–Kier alpha value is -2.34. The lowest BCUT2D eigenvalue weighted by molar-refractivity contribution is -0.135. The lowest BCUT2D eigenvalue weighted by Crippen LogP contribution is -2.47. The van der Waals surface area contributed by atoms with Gasteiger partial charge in [0.25, 0.3) is 0 Å². The molecule has 1 amide bonds. The van der Waals surface area contributed by atoms with Gasteiger partial charge in [-0.3, -0.25) is 4.79 Å². The average molecular weight is 357 g/mol. The van der Waals surface area contributed by atoms with Crippen LogP contribution in [0.1, 0.15) is 38.1 Å². The van der Waals surface area contributed by atoms with Crippen LogP contribution in [0.2, 0.25) is 0 Å². The number of aliphatic hydroxyl groups is 1. The molecule has 0 bridgehead atoms. The average Bonchev–Trinajstić information content (AvgIpc) is 3.12. The number of carbonyl (C=O) groups excluding carboxylic acids is 1. The summed E-state index contributed by atoms with van der Waals surface area (Å²) in [5, 5.41) is 10.9. The summed E-state index contributed by atoms with van der Waals surface area (Å²) in [7, 11) is 1.79. The number of hydrogen-bond acceptors (Lipinski definition) is 4. The number of aromatic nitrogens is 2. The van der Waals surface area contributed by atoms with Gasteiger partial charge in [0.15, 0.2) is 0 Å². The third kappa shape index (κ3) is 4.43. The number of aliphatic hydroxyl groups excluding tert-OH is 1. The molecule has 26 heavy (non-hydrogen) atoms. The number of likely N-dealkylation sites (N-methyl/N-ethyl adjacent to an activating group) is 1. The number of para-hydroxylation sites is 1. The Kier molecular flexibility index (Phi) is 6.28. The van der Waals surface area contributed by atoms with Crippen LogP contribution in [0.15, 0.2) is 49.1 Å². The predicted octanol–water partition coefficient (Wildman–Crippen LogP) is 2.66. The van der Waals surface area contributed by atoms with Gasteiger partial charge in [0.2, 0.25) is 5.91 Å². The first-order chi connectivity index (χ1) is 12.7. The minimum Gasteiger partial charge on any atom is -0.493 e. The molecule has 1 heterocycles. The van der Waals surface area contributed by atoms with Crippen LogP contribution >= 0.6 is 0 Å². The van der Waals surface area contributed by atoms with Gasteiger partial charge in [-0.25, -0.2) is 4.98 Å². The maximum Gasteiger partial charge on any atom is 0.226 e. The first-order valence-corrected chi connectivity index (χ1v) is 9.26. The van der Waals surface area contributed by atoms with Gasteiger partial charge in [0.05, 0.1) is 37.5 Å². The van der Waals surface area contributed by atoms with E-state index in [2.05, 4.69) is 4.98 Å².